The second kappa shape index (κ2) is 9.53. The van der Waals surface area contributed by atoms with Crippen molar-refractivity contribution < 1.29 is 22.8 Å². The molecule has 0 bridgehead atoms. The number of benzene rings is 2. The predicted molar refractivity (Wildman–Crippen MR) is 116 cm³/mol. The van der Waals surface area contributed by atoms with Crippen molar-refractivity contribution in [2.75, 3.05) is 6.54 Å². The third kappa shape index (κ3) is 5.44. The van der Waals surface area contributed by atoms with Gasteiger partial charge in [-0.1, -0.05) is 53.9 Å². The summed E-state index contributed by atoms with van der Waals surface area (Å²) in [7, 11) is 0. The van der Waals surface area contributed by atoms with E-state index in [1.54, 1.807) is 23.1 Å². The highest BCUT2D eigenvalue weighted by molar-refractivity contribution is 6.30. The van der Waals surface area contributed by atoms with Crippen LogP contribution in [0.2, 0.25) is 5.02 Å². The topological polar surface area (TPSA) is 41.9 Å². The average molecular weight is 465 g/mol. The largest absolute Gasteiger partial charge is 0.416 e. The molecule has 1 atom stereocenters. The number of halogens is 4. The fraction of sp³-hybridized carbons (Fsp3) is 0.417. The molecule has 0 aromatic heterocycles. The molecule has 1 unspecified atom stereocenters. The highest BCUT2D eigenvalue weighted by Crippen LogP contribution is 2.31. The van der Waals surface area contributed by atoms with Crippen LogP contribution in [0, 0.1) is 5.92 Å². The summed E-state index contributed by atoms with van der Waals surface area (Å²) in [5.41, 5.74) is 1.39. The average Bonchev–Trinajstić information content (AvgIpc) is 3.45. The predicted octanol–water partition coefficient (Wildman–Crippen LogP) is 6.07. The van der Waals surface area contributed by atoms with Crippen LogP contribution in [0.15, 0.2) is 53.7 Å². The molecule has 1 fully saturated rings. The van der Waals surface area contributed by atoms with Crippen LogP contribution < -0.4 is 0 Å². The molecule has 1 amide bonds. The van der Waals surface area contributed by atoms with Gasteiger partial charge in [0.05, 0.1) is 17.8 Å². The van der Waals surface area contributed by atoms with E-state index in [4.69, 9.17) is 16.4 Å². The van der Waals surface area contributed by atoms with Crippen LogP contribution in [0.1, 0.15) is 48.8 Å². The molecule has 2 aromatic carbocycles. The standard InChI is InChI=1S/C24H24ClF3N2O2/c25-20-10-8-17(9-11-20)22-13-21(32-29-22)15-30(23(31)18-5-1-2-6-18)14-16-4-3-7-19(12-16)24(26,27)28/h3-4,7-12,18,21H,1-2,5-6,13-15H2. The Kier molecular flexibility index (Phi) is 6.74. The smallest absolute Gasteiger partial charge is 0.390 e. The first-order valence-electron chi connectivity index (χ1n) is 10.7. The lowest BCUT2D eigenvalue weighted by Crippen LogP contribution is -2.40. The van der Waals surface area contributed by atoms with Gasteiger partial charge < -0.3 is 9.74 Å². The monoisotopic (exact) mass is 464 g/mol. The summed E-state index contributed by atoms with van der Waals surface area (Å²) >= 11 is 5.94. The van der Waals surface area contributed by atoms with E-state index in [-0.39, 0.29) is 31.0 Å². The number of amides is 1. The fourth-order valence-electron chi connectivity index (χ4n) is 4.31. The zero-order valence-electron chi connectivity index (χ0n) is 17.4. The first-order valence-corrected chi connectivity index (χ1v) is 11.1. The third-order valence-electron chi connectivity index (χ3n) is 5.98. The Morgan fingerprint density at radius 2 is 1.84 bits per heavy atom. The lowest BCUT2D eigenvalue weighted by Gasteiger charge is -2.28. The van der Waals surface area contributed by atoms with Crippen LogP contribution >= 0.6 is 11.6 Å². The van der Waals surface area contributed by atoms with Crippen molar-refractivity contribution in [3.05, 3.63) is 70.2 Å². The number of carbonyl (C=O) groups excluding carboxylic acids is 1. The highest BCUT2D eigenvalue weighted by atomic mass is 35.5. The van der Waals surface area contributed by atoms with Crippen LogP contribution in [-0.4, -0.2) is 29.2 Å². The van der Waals surface area contributed by atoms with E-state index in [0.29, 0.717) is 17.0 Å². The van der Waals surface area contributed by atoms with Gasteiger partial charge in [0.2, 0.25) is 5.91 Å². The lowest BCUT2D eigenvalue weighted by atomic mass is 10.0. The first-order chi connectivity index (χ1) is 15.3. The van der Waals surface area contributed by atoms with E-state index in [2.05, 4.69) is 5.16 Å². The number of oxime groups is 1. The van der Waals surface area contributed by atoms with Crippen LogP contribution in [0.3, 0.4) is 0 Å². The quantitative estimate of drug-likeness (QED) is 0.520. The summed E-state index contributed by atoms with van der Waals surface area (Å²) in [6.45, 7) is 0.377. The Bertz CT molecular complexity index is 985. The van der Waals surface area contributed by atoms with Crippen molar-refractivity contribution in [3.63, 3.8) is 0 Å². The molecule has 1 aliphatic carbocycles. The molecular formula is C24H24ClF3N2O2. The lowest BCUT2D eigenvalue weighted by molar-refractivity contribution is -0.137. The molecule has 2 aliphatic rings. The van der Waals surface area contributed by atoms with Crippen molar-refractivity contribution in [2.24, 2.45) is 11.1 Å². The maximum absolute atomic E-state index is 13.2. The summed E-state index contributed by atoms with van der Waals surface area (Å²) in [5.74, 6) is -0.109. The molecule has 32 heavy (non-hydrogen) atoms. The minimum atomic E-state index is -4.42. The van der Waals surface area contributed by atoms with Gasteiger partial charge in [-0.3, -0.25) is 4.79 Å². The maximum Gasteiger partial charge on any atom is 0.416 e. The number of nitrogens with zero attached hydrogens (tertiary/aromatic N) is 2. The fourth-order valence-corrected chi connectivity index (χ4v) is 4.44. The number of hydrogen-bond acceptors (Lipinski definition) is 3. The molecule has 0 radical (unpaired) electrons. The molecule has 1 heterocycles. The summed E-state index contributed by atoms with van der Waals surface area (Å²) in [6, 6.07) is 12.4. The number of hydrogen-bond donors (Lipinski definition) is 0. The molecule has 1 aliphatic heterocycles. The van der Waals surface area contributed by atoms with E-state index in [1.807, 2.05) is 12.1 Å². The van der Waals surface area contributed by atoms with Crippen molar-refractivity contribution >= 4 is 23.2 Å². The van der Waals surface area contributed by atoms with Crippen LogP contribution in [0.5, 0.6) is 0 Å². The van der Waals surface area contributed by atoms with Crippen molar-refractivity contribution in [1.82, 2.24) is 4.90 Å². The molecule has 2 aromatic rings. The minimum Gasteiger partial charge on any atom is -0.390 e. The Morgan fingerprint density at radius 1 is 1.12 bits per heavy atom. The van der Waals surface area contributed by atoms with Gasteiger partial charge >= 0.3 is 6.18 Å². The molecular weight excluding hydrogens is 441 g/mol. The number of rotatable bonds is 6. The van der Waals surface area contributed by atoms with E-state index in [9.17, 15) is 18.0 Å². The zero-order chi connectivity index (χ0) is 22.7. The maximum atomic E-state index is 13.2. The van der Waals surface area contributed by atoms with E-state index >= 15 is 0 Å². The zero-order valence-corrected chi connectivity index (χ0v) is 18.2. The summed E-state index contributed by atoms with van der Waals surface area (Å²) in [5, 5.41) is 4.79. The Morgan fingerprint density at radius 3 is 2.53 bits per heavy atom. The Hall–Kier alpha value is -2.54. The SMILES string of the molecule is O=C(C1CCCC1)N(Cc1cccc(C(F)(F)F)c1)CC1CC(c2ccc(Cl)cc2)=NO1. The molecule has 0 spiro atoms. The molecule has 8 heteroatoms. The van der Waals surface area contributed by atoms with Crippen molar-refractivity contribution in [3.8, 4) is 0 Å². The highest BCUT2D eigenvalue weighted by Gasteiger charge is 2.33. The Labute approximate surface area is 190 Å². The van der Waals surface area contributed by atoms with E-state index < -0.39 is 11.7 Å². The van der Waals surface area contributed by atoms with Gasteiger partial charge in [0, 0.05) is 23.9 Å². The van der Waals surface area contributed by atoms with E-state index in [1.165, 1.54) is 6.07 Å². The second-order valence-electron chi connectivity index (χ2n) is 8.37. The van der Waals surface area contributed by atoms with Crippen LogP contribution in [0.25, 0.3) is 0 Å². The van der Waals surface area contributed by atoms with Gasteiger partial charge in [0.1, 0.15) is 0 Å². The molecule has 170 valence electrons. The van der Waals surface area contributed by atoms with Crippen LogP contribution in [0.4, 0.5) is 13.2 Å². The van der Waals surface area contributed by atoms with E-state index in [0.717, 1.165) is 49.1 Å². The van der Waals surface area contributed by atoms with Gasteiger partial charge in [-0.05, 0) is 48.2 Å². The number of alkyl halides is 3. The molecule has 4 rings (SSSR count). The number of carbonyl (C=O) groups is 1. The third-order valence-corrected chi connectivity index (χ3v) is 6.23. The second-order valence-corrected chi connectivity index (χ2v) is 8.81. The van der Waals surface area contributed by atoms with Gasteiger partial charge in [0.25, 0.3) is 0 Å². The van der Waals surface area contributed by atoms with Crippen molar-refractivity contribution in [2.45, 2.75) is 50.9 Å². The van der Waals surface area contributed by atoms with Gasteiger partial charge in [-0.2, -0.15) is 13.2 Å². The summed E-state index contributed by atoms with van der Waals surface area (Å²) < 4.78 is 39.4. The normalized spacial score (nSPS) is 19.0. The Balaban J connectivity index is 1.48. The first kappa shape index (κ1) is 22.6. The van der Waals surface area contributed by atoms with Gasteiger partial charge in [-0.15, -0.1) is 0 Å². The summed E-state index contributed by atoms with van der Waals surface area (Å²) in [4.78, 5) is 20.4. The summed E-state index contributed by atoms with van der Waals surface area (Å²) in [6.07, 6.45) is -0.636. The molecule has 0 N–H and O–H groups in total. The molecule has 4 nitrogen and oxygen atoms in total. The molecule has 1 saturated carbocycles. The van der Waals surface area contributed by atoms with Crippen molar-refractivity contribution in [1.29, 1.82) is 0 Å². The molecule has 0 saturated heterocycles. The van der Waals surface area contributed by atoms with Gasteiger partial charge in [0.15, 0.2) is 6.10 Å². The minimum absolute atomic E-state index is 0.0246. The van der Waals surface area contributed by atoms with Gasteiger partial charge in [-0.25, -0.2) is 0 Å². The van der Waals surface area contributed by atoms with Crippen LogP contribution in [-0.2, 0) is 22.4 Å².